The molecule has 0 aromatic carbocycles. The van der Waals surface area contributed by atoms with Gasteiger partial charge in [0.2, 0.25) is 5.82 Å². The standard InChI is InChI=1S/C7H5FN4O2/c1-13-7-5(8)6(9-3-10-7)4-2-11-14-12-4/h2-3H,1H3. The average molecular weight is 196 g/mol. The SMILES string of the molecule is COc1ncnc(-c2cnon2)c1F. The van der Waals surface area contributed by atoms with E-state index >= 15 is 0 Å². The van der Waals surface area contributed by atoms with Crippen molar-refractivity contribution < 1.29 is 13.8 Å². The van der Waals surface area contributed by atoms with Crippen LogP contribution in [0.3, 0.4) is 0 Å². The number of ether oxygens (including phenoxy) is 1. The van der Waals surface area contributed by atoms with Crippen LogP contribution < -0.4 is 4.74 Å². The summed E-state index contributed by atoms with van der Waals surface area (Å²) < 4.78 is 22.5. The molecule has 0 bridgehead atoms. The van der Waals surface area contributed by atoms with Gasteiger partial charge in [0, 0.05) is 0 Å². The van der Waals surface area contributed by atoms with Crippen LogP contribution >= 0.6 is 0 Å². The molecule has 0 fully saturated rings. The smallest absolute Gasteiger partial charge is 0.254 e. The molecule has 7 heteroatoms. The van der Waals surface area contributed by atoms with Crippen LogP contribution in [0.25, 0.3) is 11.4 Å². The Balaban J connectivity index is 2.54. The van der Waals surface area contributed by atoms with Gasteiger partial charge in [0.25, 0.3) is 5.88 Å². The first kappa shape index (κ1) is 8.54. The minimum Gasteiger partial charge on any atom is -0.479 e. The maximum Gasteiger partial charge on any atom is 0.254 e. The van der Waals surface area contributed by atoms with Crippen LogP contribution in [-0.2, 0) is 0 Å². The van der Waals surface area contributed by atoms with E-state index in [1.807, 2.05) is 0 Å². The third-order valence-electron chi connectivity index (χ3n) is 1.55. The second-order valence-electron chi connectivity index (χ2n) is 2.34. The third kappa shape index (κ3) is 1.28. The Morgan fingerprint density at radius 3 is 2.93 bits per heavy atom. The van der Waals surface area contributed by atoms with E-state index in [2.05, 4.69) is 29.6 Å². The maximum atomic E-state index is 13.5. The van der Waals surface area contributed by atoms with Crippen molar-refractivity contribution >= 4 is 0 Å². The van der Waals surface area contributed by atoms with E-state index in [9.17, 15) is 4.39 Å². The van der Waals surface area contributed by atoms with Crippen molar-refractivity contribution in [3.05, 3.63) is 18.3 Å². The Labute approximate surface area is 77.7 Å². The van der Waals surface area contributed by atoms with Crippen molar-refractivity contribution in [2.24, 2.45) is 0 Å². The minimum atomic E-state index is -0.689. The molecule has 0 radical (unpaired) electrons. The lowest BCUT2D eigenvalue weighted by Gasteiger charge is -2.01. The fourth-order valence-corrected chi connectivity index (χ4v) is 0.944. The first-order valence-electron chi connectivity index (χ1n) is 3.65. The van der Waals surface area contributed by atoms with Gasteiger partial charge < -0.3 is 4.74 Å². The van der Waals surface area contributed by atoms with Crippen molar-refractivity contribution in [2.45, 2.75) is 0 Å². The predicted octanol–water partition coefficient (Wildman–Crippen LogP) is 0.674. The quantitative estimate of drug-likeness (QED) is 0.702. The highest BCUT2D eigenvalue weighted by Gasteiger charge is 2.15. The van der Waals surface area contributed by atoms with Crippen molar-refractivity contribution in [3.63, 3.8) is 0 Å². The van der Waals surface area contributed by atoms with E-state index in [1.165, 1.54) is 19.6 Å². The number of halogens is 1. The molecule has 2 rings (SSSR count). The number of hydrogen-bond donors (Lipinski definition) is 0. The minimum absolute atomic E-state index is 0.00176. The van der Waals surface area contributed by atoms with Crippen LogP contribution in [0.1, 0.15) is 0 Å². The van der Waals surface area contributed by atoms with Crippen LogP contribution in [-0.4, -0.2) is 27.4 Å². The van der Waals surface area contributed by atoms with E-state index in [1.54, 1.807) is 0 Å². The molecule has 0 atom stereocenters. The summed E-state index contributed by atoms with van der Waals surface area (Å²) in [6.07, 6.45) is 2.43. The van der Waals surface area contributed by atoms with Crippen molar-refractivity contribution in [2.75, 3.05) is 7.11 Å². The fraction of sp³-hybridized carbons (Fsp3) is 0.143. The Morgan fingerprint density at radius 1 is 1.43 bits per heavy atom. The Kier molecular flexibility index (Phi) is 2.05. The molecular formula is C7H5FN4O2. The van der Waals surface area contributed by atoms with Gasteiger partial charge in [-0.25, -0.2) is 9.61 Å². The van der Waals surface area contributed by atoms with Crippen LogP contribution in [0.5, 0.6) is 5.88 Å². The van der Waals surface area contributed by atoms with Gasteiger partial charge in [0.15, 0.2) is 5.69 Å². The zero-order valence-electron chi connectivity index (χ0n) is 7.14. The second kappa shape index (κ2) is 3.36. The highest BCUT2D eigenvalue weighted by atomic mass is 19.1. The average Bonchev–Trinajstić information content (AvgIpc) is 2.71. The molecular weight excluding hydrogens is 191 g/mol. The van der Waals surface area contributed by atoms with Gasteiger partial charge in [-0.15, -0.1) is 0 Å². The second-order valence-corrected chi connectivity index (χ2v) is 2.34. The first-order chi connectivity index (χ1) is 6.83. The number of nitrogens with zero attached hydrogens (tertiary/aromatic N) is 4. The summed E-state index contributed by atoms with van der Waals surface area (Å²) in [5, 5.41) is 6.79. The molecule has 14 heavy (non-hydrogen) atoms. The van der Waals surface area contributed by atoms with Crippen molar-refractivity contribution in [1.82, 2.24) is 20.3 Å². The lowest BCUT2D eigenvalue weighted by molar-refractivity contribution is 0.308. The summed E-state index contributed by atoms with van der Waals surface area (Å²) in [5.74, 6) is -0.830. The molecule has 72 valence electrons. The summed E-state index contributed by atoms with van der Waals surface area (Å²) in [6, 6.07) is 0. The molecule has 2 aromatic rings. The van der Waals surface area contributed by atoms with Gasteiger partial charge in [-0.1, -0.05) is 5.16 Å². The Hall–Kier alpha value is -2.05. The van der Waals surface area contributed by atoms with Gasteiger partial charge in [-0.3, -0.25) is 0 Å². The molecule has 0 N–H and O–H groups in total. The first-order valence-corrected chi connectivity index (χ1v) is 3.65. The molecule has 0 saturated heterocycles. The molecule has 0 aliphatic heterocycles. The summed E-state index contributed by atoms with van der Waals surface area (Å²) in [4.78, 5) is 7.28. The summed E-state index contributed by atoms with van der Waals surface area (Å²) >= 11 is 0. The molecule has 6 nitrogen and oxygen atoms in total. The van der Waals surface area contributed by atoms with Gasteiger partial charge in [-0.05, 0) is 5.16 Å². The highest BCUT2D eigenvalue weighted by molar-refractivity contribution is 5.53. The van der Waals surface area contributed by atoms with Crippen LogP contribution in [0, 0.1) is 5.82 Å². The normalized spacial score (nSPS) is 10.1. The number of aromatic nitrogens is 4. The van der Waals surface area contributed by atoms with E-state index in [-0.39, 0.29) is 17.3 Å². The van der Waals surface area contributed by atoms with Gasteiger partial charge in [-0.2, -0.15) is 9.37 Å². The lowest BCUT2D eigenvalue weighted by atomic mass is 10.3. The summed E-state index contributed by atoms with van der Waals surface area (Å²) in [7, 11) is 1.32. The van der Waals surface area contributed by atoms with Crippen LogP contribution in [0.4, 0.5) is 4.39 Å². The number of methoxy groups -OCH3 is 1. The van der Waals surface area contributed by atoms with E-state index < -0.39 is 5.82 Å². The fourth-order valence-electron chi connectivity index (χ4n) is 0.944. The van der Waals surface area contributed by atoms with Crippen molar-refractivity contribution in [3.8, 4) is 17.3 Å². The van der Waals surface area contributed by atoms with Gasteiger partial charge in [0.1, 0.15) is 18.2 Å². The zero-order chi connectivity index (χ0) is 9.97. The third-order valence-corrected chi connectivity index (χ3v) is 1.55. The monoisotopic (exact) mass is 196 g/mol. The molecule has 0 aliphatic rings. The van der Waals surface area contributed by atoms with E-state index in [0.717, 1.165) is 0 Å². The van der Waals surface area contributed by atoms with Crippen molar-refractivity contribution in [1.29, 1.82) is 0 Å². The summed E-state index contributed by atoms with van der Waals surface area (Å²) in [6.45, 7) is 0. The molecule has 0 spiro atoms. The molecule has 2 heterocycles. The summed E-state index contributed by atoms with van der Waals surface area (Å²) in [5.41, 5.74) is 0.196. The van der Waals surface area contributed by atoms with Crippen LogP contribution in [0.2, 0.25) is 0 Å². The predicted molar refractivity (Wildman–Crippen MR) is 41.8 cm³/mol. The molecule has 0 amide bonds. The van der Waals surface area contributed by atoms with E-state index in [0.29, 0.717) is 0 Å². The highest BCUT2D eigenvalue weighted by Crippen LogP contribution is 2.22. The molecule has 0 aliphatic carbocycles. The molecule has 2 aromatic heterocycles. The Morgan fingerprint density at radius 2 is 2.29 bits per heavy atom. The number of rotatable bonds is 2. The Bertz CT molecular complexity index is 431. The largest absolute Gasteiger partial charge is 0.479 e. The van der Waals surface area contributed by atoms with Gasteiger partial charge >= 0.3 is 0 Å². The topological polar surface area (TPSA) is 73.9 Å². The van der Waals surface area contributed by atoms with E-state index in [4.69, 9.17) is 0 Å². The zero-order valence-corrected chi connectivity index (χ0v) is 7.14. The maximum absolute atomic E-state index is 13.5. The lowest BCUT2D eigenvalue weighted by Crippen LogP contribution is -1.97. The molecule has 0 saturated carbocycles. The van der Waals surface area contributed by atoms with Crippen LogP contribution in [0.15, 0.2) is 17.2 Å². The number of hydrogen-bond acceptors (Lipinski definition) is 6. The van der Waals surface area contributed by atoms with Gasteiger partial charge in [0.05, 0.1) is 7.11 Å². The molecule has 0 unspecified atom stereocenters.